The maximum Gasteiger partial charge on any atom is 0.415 e. The molecule has 2 fully saturated rings. The zero-order valence-electron chi connectivity index (χ0n) is 22.5. The number of cyclic esters (lactones) is 1. The van der Waals surface area contributed by atoms with Crippen LogP contribution in [0.4, 0.5) is 26.5 Å². The third kappa shape index (κ3) is 6.39. The maximum absolute atomic E-state index is 14.9. The normalized spacial score (nSPS) is 22.0. The van der Waals surface area contributed by atoms with Crippen LogP contribution in [0.15, 0.2) is 18.3 Å². The molecule has 1 aromatic carbocycles. The summed E-state index contributed by atoms with van der Waals surface area (Å²) >= 11 is 0. The second-order valence-corrected chi connectivity index (χ2v) is 10.6. The third-order valence-corrected chi connectivity index (χ3v) is 7.59. The Hall–Kier alpha value is -3.88. The molecule has 3 amide bonds. The van der Waals surface area contributed by atoms with E-state index in [0.717, 1.165) is 12.0 Å². The highest BCUT2D eigenvalue weighted by atomic mass is 19.1. The minimum atomic E-state index is -0.526. The van der Waals surface area contributed by atoms with Crippen molar-refractivity contribution in [2.75, 3.05) is 74.6 Å². The Morgan fingerprint density at radius 2 is 2.05 bits per heavy atom. The lowest BCUT2D eigenvalue weighted by Gasteiger charge is -2.25. The van der Waals surface area contributed by atoms with E-state index < -0.39 is 6.09 Å². The first-order valence-electron chi connectivity index (χ1n) is 13.8. The molecule has 2 aromatic rings. The average Bonchev–Trinajstić information content (AvgIpc) is 3.54. The van der Waals surface area contributed by atoms with Crippen LogP contribution in [0.1, 0.15) is 17.5 Å². The van der Waals surface area contributed by atoms with Crippen molar-refractivity contribution in [3.63, 3.8) is 0 Å². The van der Waals surface area contributed by atoms with Gasteiger partial charge in [0, 0.05) is 18.8 Å². The second-order valence-electron chi connectivity index (χ2n) is 10.6. The predicted molar refractivity (Wildman–Crippen MR) is 144 cm³/mol. The lowest BCUT2D eigenvalue weighted by molar-refractivity contribution is -0.119. The van der Waals surface area contributed by atoms with E-state index in [1.807, 2.05) is 11.0 Å². The molecular formula is C27H32FN7O6. The van der Waals surface area contributed by atoms with Gasteiger partial charge in [-0.15, -0.1) is 0 Å². The number of nitrogens with one attached hydrogen (secondary N) is 3. The van der Waals surface area contributed by atoms with Gasteiger partial charge in [-0.2, -0.15) is 0 Å². The van der Waals surface area contributed by atoms with Crippen molar-refractivity contribution in [2.24, 2.45) is 5.92 Å². The first-order chi connectivity index (χ1) is 19.9. The Morgan fingerprint density at radius 1 is 1.20 bits per heavy atom. The number of carbonyl (C=O) groups excluding carboxylic acids is 3. The zero-order valence-corrected chi connectivity index (χ0v) is 22.5. The van der Waals surface area contributed by atoms with Gasteiger partial charge in [0.1, 0.15) is 11.9 Å². The molecule has 1 aromatic heterocycles. The summed E-state index contributed by atoms with van der Waals surface area (Å²) in [6.07, 6.45) is 2.49. The van der Waals surface area contributed by atoms with Crippen molar-refractivity contribution >= 4 is 35.2 Å². The number of amides is 3. The molecule has 14 heteroatoms. The number of halogens is 1. The van der Waals surface area contributed by atoms with E-state index in [9.17, 15) is 18.8 Å². The van der Waals surface area contributed by atoms with E-state index in [4.69, 9.17) is 14.2 Å². The quantitative estimate of drug-likeness (QED) is 0.373. The Balaban J connectivity index is 0.947. The summed E-state index contributed by atoms with van der Waals surface area (Å²) in [4.78, 5) is 48.3. The number of anilines is 3. The summed E-state index contributed by atoms with van der Waals surface area (Å²) in [5, 5.41) is 8.83. The summed E-state index contributed by atoms with van der Waals surface area (Å²) in [5.74, 6) is 0.0985. The van der Waals surface area contributed by atoms with E-state index in [0.29, 0.717) is 70.0 Å². The molecule has 1 aliphatic carbocycles. The topological polar surface area (TPSA) is 147 Å². The van der Waals surface area contributed by atoms with Gasteiger partial charge in [-0.3, -0.25) is 19.4 Å². The standard InChI is InChI=1S/C27H32FN7O6/c28-21-10-18(31-23(36)14-34-3-5-39-6-4-34)9-17-7-16(8-20(17)21)11-29-2-1-19-13-35(27(38)41-19)22-12-30-26-25(32-22)33-24(37)15-40-26/h9-10,12,16,19,29H,1-8,11,13-15H2,(H,31,36)(H,32,33,37). The number of ether oxygens (including phenoxy) is 3. The Bertz CT molecular complexity index is 1340. The summed E-state index contributed by atoms with van der Waals surface area (Å²) in [6.45, 7) is 4.39. The summed E-state index contributed by atoms with van der Waals surface area (Å²) in [6, 6.07) is 3.28. The molecule has 218 valence electrons. The number of nitrogens with zero attached hydrogens (tertiary/aromatic N) is 4. The molecule has 3 aliphatic heterocycles. The summed E-state index contributed by atoms with van der Waals surface area (Å²) < 4.78 is 30.9. The van der Waals surface area contributed by atoms with Crippen LogP contribution >= 0.6 is 0 Å². The minimum Gasteiger partial charge on any atom is -0.465 e. The molecular weight excluding hydrogens is 537 g/mol. The molecule has 3 N–H and O–H groups in total. The number of morpholine rings is 1. The fraction of sp³-hybridized carbons (Fsp3) is 0.519. The van der Waals surface area contributed by atoms with Gasteiger partial charge in [-0.05, 0) is 61.5 Å². The van der Waals surface area contributed by atoms with Crippen molar-refractivity contribution in [1.29, 1.82) is 0 Å². The van der Waals surface area contributed by atoms with Crippen LogP contribution in [0.25, 0.3) is 0 Å². The number of fused-ring (bicyclic) bond motifs is 2. The zero-order chi connectivity index (χ0) is 28.3. The van der Waals surface area contributed by atoms with E-state index in [1.165, 1.54) is 17.2 Å². The molecule has 4 heterocycles. The van der Waals surface area contributed by atoms with Crippen molar-refractivity contribution < 1.29 is 33.0 Å². The number of rotatable bonds is 9. The van der Waals surface area contributed by atoms with Crippen molar-refractivity contribution in [3.05, 3.63) is 35.3 Å². The SMILES string of the molecule is O=C(CN1CCOCC1)Nc1cc(F)c2c(c1)CC(CNCCC1CN(c3cnc4c(n3)NC(=O)CO4)C(=O)O1)C2. The first-order valence-corrected chi connectivity index (χ1v) is 13.8. The molecule has 2 unspecified atom stereocenters. The molecule has 13 nitrogen and oxygen atoms in total. The van der Waals surface area contributed by atoms with E-state index in [2.05, 4.69) is 25.9 Å². The van der Waals surface area contributed by atoms with Crippen LogP contribution in [0.2, 0.25) is 0 Å². The van der Waals surface area contributed by atoms with Gasteiger partial charge >= 0.3 is 6.09 Å². The largest absolute Gasteiger partial charge is 0.465 e. The Kier molecular flexibility index (Phi) is 7.94. The fourth-order valence-corrected chi connectivity index (χ4v) is 5.57. The molecule has 4 aliphatic rings. The van der Waals surface area contributed by atoms with E-state index >= 15 is 0 Å². The lowest BCUT2D eigenvalue weighted by atomic mass is 10.1. The smallest absolute Gasteiger partial charge is 0.415 e. The molecule has 0 radical (unpaired) electrons. The summed E-state index contributed by atoms with van der Waals surface area (Å²) in [7, 11) is 0. The van der Waals surface area contributed by atoms with Crippen LogP contribution in [-0.4, -0.2) is 98.0 Å². The second kappa shape index (κ2) is 11.9. The monoisotopic (exact) mass is 569 g/mol. The van der Waals surface area contributed by atoms with Gasteiger partial charge in [0.05, 0.1) is 32.5 Å². The van der Waals surface area contributed by atoms with E-state index in [1.54, 1.807) is 0 Å². The van der Waals surface area contributed by atoms with Crippen LogP contribution in [0.5, 0.6) is 5.88 Å². The van der Waals surface area contributed by atoms with Crippen molar-refractivity contribution in [2.45, 2.75) is 25.4 Å². The van der Waals surface area contributed by atoms with Crippen molar-refractivity contribution in [1.82, 2.24) is 20.2 Å². The van der Waals surface area contributed by atoms with Gasteiger partial charge < -0.3 is 30.2 Å². The first kappa shape index (κ1) is 27.3. The summed E-state index contributed by atoms with van der Waals surface area (Å²) in [5.41, 5.74) is 2.11. The number of hydrogen-bond acceptors (Lipinski definition) is 10. The fourth-order valence-electron chi connectivity index (χ4n) is 5.57. The number of hydrogen-bond donors (Lipinski definition) is 3. The number of benzene rings is 1. The van der Waals surface area contributed by atoms with Gasteiger partial charge in [0.15, 0.2) is 18.2 Å². The maximum atomic E-state index is 14.9. The minimum absolute atomic E-state index is 0.126. The molecule has 2 saturated heterocycles. The van der Waals surface area contributed by atoms with Crippen LogP contribution in [0.3, 0.4) is 0 Å². The van der Waals surface area contributed by atoms with Crippen LogP contribution in [-0.2, 0) is 31.9 Å². The van der Waals surface area contributed by atoms with Gasteiger partial charge in [0.25, 0.3) is 11.8 Å². The van der Waals surface area contributed by atoms with Gasteiger partial charge in [-0.1, -0.05) is 0 Å². The Morgan fingerprint density at radius 3 is 2.90 bits per heavy atom. The molecule has 6 rings (SSSR count). The molecule has 41 heavy (non-hydrogen) atoms. The highest BCUT2D eigenvalue weighted by molar-refractivity contribution is 5.95. The van der Waals surface area contributed by atoms with E-state index in [-0.39, 0.29) is 60.3 Å². The molecule has 0 bridgehead atoms. The third-order valence-electron chi connectivity index (χ3n) is 7.59. The average molecular weight is 570 g/mol. The predicted octanol–water partition coefficient (Wildman–Crippen LogP) is 0.937. The lowest BCUT2D eigenvalue weighted by Crippen LogP contribution is -2.41. The molecule has 2 atom stereocenters. The van der Waals surface area contributed by atoms with Gasteiger partial charge in [0.2, 0.25) is 5.91 Å². The van der Waals surface area contributed by atoms with Crippen LogP contribution in [0, 0.1) is 11.7 Å². The number of carbonyl (C=O) groups is 3. The van der Waals surface area contributed by atoms with Crippen molar-refractivity contribution in [3.8, 4) is 5.88 Å². The Labute approximate surface area is 235 Å². The highest BCUT2D eigenvalue weighted by Crippen LogP contribution is 2.32. The van der Waals surface area contributed by atoms with Gasteiger partial charge in [-0.25, -0.2) is 19.2 Å². The van der Waals surface area contributed by atoms with Crippen LogP contribution < -0.4 is 25.6 Å². The molecule has 0 saturated carbocycles. The number of aromatic nitrogens is 2. The molecule has 0 spiro atoms. The highest BCUT2D eigenvalue weighted by Gasteiger charge is 2.34.